The number of rotatable bonds is 11. The zero-order valence-corrected chi connectivity index (χ0v) is 26.4. The van der Waals surface area contributed by atoms with Crippen LogP contribution in [0.5, 0.6) is 0 Å². The number of hydrogen-bond acceptors (Lipinski definition) is 10. The lowest BCUT2D eigenvalue weighted by Crippen LogP contribution is -2.58. The number of carbonyl (C=O) groups is 1. The molecule has 4 N–H and O–H groups in total. The highest BCUT2D eigenvalue weighted by molar-refractivity contribution is 7.90. The van der Waals surface area contributed by atoms with E-state index >= 15 is 0 Å². The number of nitriles is 1. The number of aromatic nitrogens is 2. The predicted octanol–water partition coefficient (Wildman–Crippen LogP) is 2.71. The first-order chi connectivity index (χ1) is 21.3. The lowest BCUT2D eigenvalue weighted by molar-refractivity contribution is -0.0447. The van der Waals surface area contributed by atoms with Crippen LogP contribution in [0.4, 0.5) is 24.8 Å². The monoisotopic (exact) mass is 671 g/mol. The van der Waals surface area contributed by atoms with Gasteiger partial charge in [-0.15, -0.1) is 0 Å². The molecule has 4 rings (SSSR count). The van der Waals surface area contributed by atoms with Gasteiger partial charge in [-0.1, -0.05) is 30.7 Å². The van der Waals surface area contributed by atoms with Crippen molar-refractivity contribution in [2.24, 2.45) is 0 Å². The molecule has 2 aliphatic rings. The highest BCUT2D eigenvalue weighted by atomic mass is 35.5. The van der Waals surface area contributed by atoms with Crippen molar-refractivity contribution in [1.29, 1.82) is 5.26 Å². The number of benzene rings is 1. The Labute approximate surface area is 265 Å². The van der Waals surface area contributed by atoms with Gasteiger partial charge < -0.3 is 16.0 Å². The van der Waals surface area contributed by atoms with Gasteiger partial charge in [0.25, 0.3) is 5.91 Å². The first-order valence-electron chi connectivity index (χ1n) is 14.7. The maximum absolute atomic E-state index is 12.6. The Morgan fingerprint density at radius 2 is 1.82 bits per heavy atom. The third-order valence-electron chi connectivity index (χ3n) is 8.13. The molecule has 2 fully saturated rings. The number of nitrogens with one attached hydrogen (secondary N) is 2. The summed E-state index contributed by atoms with van der Waals surface area (Å²) in [5.41, 5.74) is 2.29. The van der Waals surface area contributed by atoms with E-state index < -0.39 is 28.0 Å². The summed E-state index contributed by atoms with van der Waals surface area (Å²) in [6.07, 6.45) is 2.93. The van der Waals surface area contributed by atoms with Crippen LogP contribution in [0.3, 0.4) is 0 Å². The average Bonchev–Trinajstić information content (AvgIpc) is 3.01. The number of piperazine rings is 1. The summed E-state index contributed by atoms with van der Waals surface area (Å²) in [6, 6.07) is 10.6. The van der Waals surface area contributed by atoms with Crippen LogP contribution in [0.25, 0.3) is 0 Å². The topological polar surface area (TPSA) is 161 Å². The Morgan fingerprint density at radius 1 is 1.13 bits per heavy atom. The second kappa shape index (κ2) is 14.9. The molecular formula is C28H37ClF3N9O3S. The highest BCUT2D eigenvalue weighted by Crippen LogP contribution is 2.30. The molecule has 12 nitrogen and oxygen atoms in total. The molecule has 0 spiro atoms. The molecule has 1 amide bonds. The lowest BCUT2D eigenvalue weighted by Gasteiger charge is -2.47. The number of nitrogens with zero attached hydrogens (tertiary/aromatic N) is 6. The molecule has 246 valence electrons. The van der Waals surface area contributed by atoms with E-state index in [4.69, 9.17) is 22.6 Å². The summed E-state index contributed by atoms with van der Waals surface area (Å²) in [6.45, 7) is 6.44. The molecule has 0 aliphatic carbocycles. The summed E-state index contributed by atoms with van der Waals surface area (Å²) in [5, 5.41) is 11.5. The van der Waals surface area contributed by atoms with Gasteiger partial charge >= 0.3 is 15.5 Å². The van der Waals surface area contributed by atoms with Crippen LogP contribution in [-0.2, 0) is 16.6 Å². The maximum atomic E-state index is 12.6. The summed E-state index contributed by atoms with van der Waals surface area (Å²) < 4.78 is 60.7. The van der Waals surface area contributed by atoms with Gasteiger partial charge in [0, 0.05) is 51.4 Å². The smallest absolute Gasteiger partial charge is 0.382 e. The molecule has 0 saturated carbocycles. The molecule has 2 aromatic rings. The Bertz CT molecular complexity index is 1480. The van der Waals surface area contributed by atoms with Crippen LogP contribution in [-0.4, -0.2) is 97.5 Å². The molecule has 1 aromatic heterocycles. The highest BCUT2D eigenvalue weighted by Gasteiger charge is 2.45. The first-order valence-corrected chi connectivity index (χ1v) is 16.6. The van der Waals surface area contributed by atoms with Gasteiger partial charge in [-0.25, -0.2) is 23.1 Å². The molecule has 1 aromatic carbocycles. The predicted molar refractivity (Wildman–Crippen MR) is 164 cm³/mol. The Kier molecular flexibility index (Phi) is 11.5. The van der Waals surface area contributed by atoms with Crippen LogP contribution in [0.2, 0.25) is 5.15 Å². The number of amides is 1. The number of nitrogen functional groups attached to an aromatic ring is 1. The van der Waals surface area contributed by atoms with E-state index in [9.17, 15) is 26.4 Å². The molecule has 1 atom stereocenters. The minimum absolute atomic E-state index is 0.00620. The quantitative estimate of drug-likeness (QED) is 0.303. The minimum Gasteiger partial charge on any atom is -0.382 e. The molecular weight excluding hydrogens is 635 g/mol. The van der Waals surface area contributed by atoms with E-state index in [0.29, 0.717) is 30.5 Å². The van der Waals surface area contributed by atoms with E-state index in [0.717, 1.165) is 45.4 Å². The van der Waals surface area contributed by atoms with Gasteiger partial charge in [-0.2, -0.15) is 18.4 Å². The summed E-state index contributed by atoms with van der Waals surface area (Å²) in [5.74, 6) is -0.494. The number of alkyl halides is 3. The standard InChI is InChI=1S/C28H37ClF3N9O3S/c1-2-21-18-40(14-15-41(21)22-8-12-39(13-9-22)17-20-6-4-19(16-33)5-7-20)26-24(29)37-23(25(34)38-26)27(42)35-10-3-11-36-45(43,44)28(30,31)32/h4-7,21-22,36H,2-3,8-15,17-18H2,1H3,(H2,34,38)(H,35,42)/t21-/m0/s1. The van der Waals surface area contributed by atoms with Crippen molar-refractivity contribution in [3.8, 4) is 6.07 Å². The molecule has 3 heterocycles. The van der Waals surface area contributed by atoms with E-state index in [1.54, 1.807) is 0 Å². The number of hydrogen-bond donors (Lipinski definition) is 3. The fraction of sp³-hybridized carbons (Fsp3) is 0.571. The number of likely N-dealkylation sites (tertiary alicyclic amines) is 1. The van der Waals surface area contributed by atoms with E-state index in [1.165, 1.54) is 10.3 Å². The Balaban J connectivity index is 1.28. The minimum atomic E-state index is -5.45. The summed E-state index contributed by atoms with van der Waals surface area (Å²) >= 11 is 6.46. The Hall–Kier alpha value is -3.23. The third kappa shape index (κ3) is 8.73. The van der Waals surface area contributed by atoms with Crippen LogP contribution < -0.4 is 20.7 Å². The zero-order valence-electron chi connectivity index (χ0n) is 24.9. The lowest BCUT2D eigenvalue weighted by atomic mass is 9.97. The molecule has 2 aliphatic heterocycles. The molecule has 0 radical (unpaired) electrons. The maximum Gasteiger partial charge on any atom is 0.511 e. The molecule has 2 saturated heterocycles. The van der Waals surface area contributed by atoms with Crippen LogP contribution >= 0.6 is 11.6 Å². The van der Waals surface area contributed by atoms with Crippen molar-refractivity contribution in [3.05, 3.63) is 46.2 Å². The molecule has 0 bridgehead atoms. The van der Waals surface area contributed by atoms with Crippen LogP contribution in [0, 0.1) is 11.3 Å². The summed E-state index contributed by atoms with van der Waals surface area (Å²) in [7, 11) is -5.45. The van der Waals surface area contributed by atoms with Gasteiger partial charge in [0.15, 0.2) is 22.5 Å². The molecule has 17 heteroatoms. The SMILES string of the molecule is CC[C@H]1CN(c2nc(N)c(C(=O)NCCCNS(=O)(=O)C(F)(F)F)nc2Cl)CCN1C1CCN(Cc2ccc(C#N)cc2)CC1. The van der Waals surface area contributed by atoms with Crippen LogP contribution in [0.1, 0.15) is 54.2 Å². The van der Waals surface area contributed by atoms with Gasteiger partial charge in [0.2, 0.25) is 0 Å². The van der Waals surface area contributed by atoms with Gasteiger partial charge in [0.05, 0.1) is 11.6 Å². The Morgan fingerprint density at radius 3 is 2.44 bits per heavy atom. The van der Waals surface area contributed by atoms with Gasteiger partial charge in [-0.05, 0) is 56.5 Å². The van der Waals surface area contributed by atoms with Crippen LogP contribution in [0.15, 0.2) is 24.3 Å². The van der Waals surface area contributed by atoms with Crippen molar-refractivity contribution >= 4 is 39.2 Å². The average molecular weight is 672 g/mol. The molecule has 0 unspecified atom stereocenters. The summed E-state index contributed by atoms with van der Waals surface area (Å²) in [4.78, 5) is 28.2. The van der Waals surface area contributed by atoms with E-state index in [-0.39, 0.29) is 35.7 Å². The van der Waals surface area contributed by atoms with Gasteiger partial charge in [0.1, 0.15) is 0 Å². The third-order valence-corrected chi connectivity index (χ3v) is 9.58. The van der Waals surface area contributed by atoms with Gasteiger partial charge in [-0.3, -0.25) is 14.6 Å². The van der Waals surface area contributed by atoms with E-state index in [1.807, 2.05) is 29.2 Å². The molecule has 45 heavy (non-hydrogen) atoms. The second-order valence-electron chi connectivity index (χ2n) is 11.1. The normalized spacial score (nSPS) is 18.9. The number of nitrogens with two attached hydrogens (primary N) is 1. The number of carbonyl (C=O) groups excluding carboxylic acids is 1. The largest absolute Gasteiger partial charge is 0.511 e. The van der Waals surface area contributed by atoms with E-state index in [2.05, 4.69) is 38.1 Å². The number of anilines is 2. The van der Waals surface area contributed by atoms with Crippen molar-refractivity contribution < 1.29 is 26.4 Å². The number of piperidine rings is 1. The zero-order chi connectivity index (χ0) is 32.8. The number of halogens is 4. The van der Waals surface area contributed by atoms with Crippen molar-refractivity contribution in [2.45, 2.75) is 56.7 Å². The fourth-order valence-corrected chi connectivity index (χ4v) is 6.53. The van der Waals surface area contributed by atoms with Crippen molar-refractivity contribution in [1.82, 2.24) is 29.8 Å². The fourth-order valence-electron chi connectivity index (χ4n) is 5.71. The van der Waals surface area contributed by atoms with Crippen molar-refractivity contribution in [3.63, 3.8) is 0 Å². The van der Waals surface area contributed by atoms with Crippen molar-refractivity contribution in [2.75, 3.05) is 56.4 Å². The second-order valence-corrected chi connectivity index (χ2v) is 13.2. The first kappa shape index (κ1) is 34.6. The number of sulfonamides is 1.